The smallest absolute Gasteiger partial charge is 0.262 e. The molecular weight excluding hydrogens is 423 g/mol. The molecule has 1 fully saturated rings. The predicted molar refractivity (Wildman–Crippen MR) is 114 cm³/mol. The molecule has 0 spiro atoms. The van der Waals surface area contributed by atoms with Crippen LogP contribution in [0.2, 0.25) is 8.67 Å². The minimum absolute atomic E-state index is 0.0139. The van der Waals surface area contributed by atoms with Crippen molar-refractivity contribution in [3.05, 3.63) is 44.1 Å². The average Bonchev–Trinajstić information content (AvgIpc) is 3.37. The number of aromatic nitrogens is 1. The fraction of sp³-hybridized carbons (Fsp3) is 0.368. The van der Waals surface area contributed by atoms with E-state index in [1.165, 1.54) is 28.2 Å². The molecule has 0 radical (unpaired) electrons. The Bertz CT molecular complexity index is 979. The summed E-state index contributed by atoms with van der Waals surface area (Å²) in [5.74, 6) is -0.187. The third kappa shape index (κ3) is 4.00. The van der Waals surface area contributed by atoms with E-state index in [0.717, 1.165) is 36.1 Å². The Hall–Kier alpha value is -1.18. The summed E-state index contributed by atoms with van der Waals surface area (Å²) in [5, 5.41) is 0.664. The number of ether oxygens (including phenoxy) is 1. The van der Waals surface area contributed by atoms with Crippen LogP contribution in [-0.4, -0.2) is 30.1 Å². The number of rotatable bonds is 5. The lowest BCUT2D eigenvalue weighted by molar-refractivity contribution is 0.0918. The third-order valence-electron chi connectivity index (χ3n) is 4.62. The largest absolute Gasteiger partial charge is 0.376 e. The maximum absolute atomic E-state index is 13.3. The molecule has 1 amide bonds. The number of thiazole rings is 1. The highest BCUT2D eigenvalue weighted by Crippen LogP contribution is 2.35. The van der Waals surface area contributed by atoms with Gasteiger partial charge in [0.15, 0.2) is 5.13 Å². The molecular formula is C19H18Cl2N2O2S2. The summed E-state index contributed by atoms with van der Waals surface area (Å²) in [4.78, 5) is 19.7. The topological polar surface area (TPSA) is 42.4 Å². The van der Waals surface area contributed by atoms with Gasteiger partial charge in [-0.1, -0.05) is 47.5 Å². The normalized spacial score (nSPS) is 16.9. The molecule has 3 heterocycles. The molecule has 8 heteroatoms. The van der Waals surface area contributed by atoms with Gasteiger partial charge in [0.1, 0.15) is 4.34 Å². The van der Waals surface area contributed by atoms with Crippen molar-refractivity contribution in [3.63, 3.8) is 0 Å². The van der Waals surface area contributed by atoms with Gasteiger partial charge in [-0.25, -0.2) is 4.98 Å². The number of hydrogen-bond donors (Lipinski definition) is 0. The van der Waals surface area contributed by atoms with Gasteiger partial charge in [0.2, 0.25) is 0 Å². The highest BCUT2D eigenvalue weighted by atomic mass is 35.5. The number of fused-ring (bicyclic) bond motifs is 1. The SMILES string of the molecule is CCc1ccc2nc(N(CC3CCCO3)C(=O)c3cc(Cl)sc3Cl)sc2c1. The maximum atomic E-state index is 13.3. The lowest BCUT2D eigenvalue weighted by Gasteiger charge is -2.22. The molecule has 3 aromatic rings. The summed E-state index contributed by atoms with van der Waals surface area (Å²) in [7, 11) is 0. The van der Waals surface area contributed by atoms with Gasteiger partial charge >= 0.3 is 0 Å². The van der Waals surface area contributed by atoms with E-state index in [-0.39, 0.29) is 12.0 Å². The number of aryl methyl sites for hydroxylation is 1. The van der Waals surface area contributed by atoms with Crippen molar-refractivity contribution in [3.8, 4) is 0 Å². The van der Waals surface area contributed by atoms with Crippen molar-refractivity contribution in [2.45, 2.75) is 32.3 Å². The van der Waals surface area contributed by atoms with Crippen LogP contribution >= 0.6 is 45.9 Å². The van der Waals surface area contributed by atoms with Crippen LogP contribution in [0.15, 0.2) is 24.3 Å². The van der Waals surface area contributed by atoms with Crippen molar-refractivity contribution in [2.24, 2.45) is 0 Å². The second kappa shape index (κ2) is 8.05. The van der Waals surface area contributed by atoms with Crippen molar-refractivity contribution in [1.29, 1.82) is 0 Å². The van der Waals surface area contributed by atoms with E-state index in [1.54, 1.807) is 11.0 Å². The van der Waals surface area contributed by atoms with Crippen molar-refractivity contribution in [2.75, 3.05) is 18.1 Å². The molecule has 4 nitrogen and oxygen atoms in total. The summed E-state index contributed by atoms with van der Waals surface area (Å²) in [5.41, 5.74) is 2.56. The van der Waals surface area contributed by atoms with Gasteiger partial charge in [-0.3, -0.25) is 9.69 Å². The van der Waals surface area contributed by atoms with E-state index in [1.807, 2.05) is 6.07 Å². The fourth-order valence-electron chi connectivity index (χ4n) is 3.16. The highest BCUT2D eigenvalue weighted by molar-refractivity contribution is 7.22. The van der Waals surface area contributed by atoms with Gasteiger partial charge in [0.25, 0.3) is 5.91 Å². The van der Waals surface area contributed by atoms with Crippen LogP contribution in [0.1, 0.15) is 35.7 Å². The number of carbonyl (C=O) groups is 1. The standard InChI is InChI=1S/C19H18Cl2N2O2S2/c1-2-11-5-6-14-15(8-11)26-19(22-14)23(10-12-4-3-7-25-12)18(24)13-9-16(20)27-17(13)21/h5-6,8-9,12H,2-4,7,10H2,1H3. The van der Waals surface area contributed by atoms with Gasteiger partial charge in [0.05, 0.1) is 32.8 Å². The van der Waals surface area contributed by atoms with Crippen molar-refractivity contribution < 1.29 is 9.53 Å². The molecule has 1 atom stereocenters. The monoisotopic (exact) mass is 440 g/mol. The fourth-order valence-corrected chi connectivity index (χ4v) is 5.65. The Morgan fingerprint density at radius 3 is 2.85 bits per heavy atom. The number of anilines is 1. The van der Waals surface area contributed by atoms with E-state index < -0.39 is 0 Å². The van der Waals surface area contributed by atoms with Gasteiger partial charge < -0.3 is 4.74 Å². The van der Waals surface area contributed by atoms with Gasteiger partial charge in [0, 0.05) is 6.61 Å². The zero-order chi connectivity index (χ0) is 19.0. The second-order valence-electron chi connectivity index (χ2n) is 6.44. The molecule has 0 N–H and O–H groups in total. The molecule has 27 heavy (non-hydrogen) atoms. The van der Waals surface area contributed by atoms with Crippen LogP contribution in [0.3, 0.4) is 0 Å². The predicted octanol–water partition coefficient (Wildman–Crippen LogP) is 6.05. The molecule has 0 bridgehead atoms. The number of carbonyl (C=O) groups excluding carboxylic acids is 1. The highest BCUT2D eigenvalue weighted by Gasteiger charge is 2.29. The number of nitrogens with zero attached hydrogens (tertiary/aromatic N) is 2. The third-order valence-corrected chi connectivity index (χ3v) is 7.15. The molecule has 1 saturated heterocycles. The van der Waals surface area contributed by atoms with Crippen molar-refractivity contribution in [1.82, 2.24) is 4.98 Å². The minimum Gasteiger partial charge on any atom is -0.376 e. The van der Waals surface area contributed by atoms with E-state index in [2.05, 4.69) is 19.1 Å². The summed E-state index contributed by atoms with van der Waals surface area (Å²) in [6, 6.07) is 7.85. The van der Waals surface area contributed by atoms with Gasteiger partial charge in [-0.2, -0.15) is 0 Å². The average molecular weight is 441 g/mol. The first-order chi connectivity index (χ1) is 13.0. The van der Waals surface area contributed by atoms with E-state index in [0.29, 0.717) is 25.9 Å². The molecule has 1 aromatic carbocycles. The Kier molecular flexibility index (Phi) is 5.71. The zero-order valence-electron chi connectivity index (χ0n) is 14.7. The molecule has 2 aromatic heterocycles. The Morgan fingerprint density at radius 1 is 1.33 bits per heavy atom. The van der Waals surface area contributed by atoms with Crippen LogP contribution in [0.4, 0.5) is 5.13 Å². The molecule has 0 saturated carbocycles. The Balaban J connectivity index is 1.72. The van der Waals surface area contributed by atoms with E-state index in [4.69, 9.17) is 32.9 Å². The molecule has 1 unspecified atom stereocenters. The van der Waals surface area contributed by atoms with Crippen LogP contribution in [0, 0.1) is 0 Å². The van der Waals surface area contributed by atoms with Crippen LogP contribution in [0.5, 0.6) is 0 Å². The molecule has 4 rings (SSSR count). The van der Waals surface area contributed by atoms with Crippen molar-refractivity contribution >= 4 is 67.1 Å². The summed E-state index contributed by atoms with van der Waals surface area (Å²) < 4.78 is 7.73. The lowest BCUT2D eigenvalue weighted by atomic mass is 10.2. The molecule has 142 valence electrons. The number of hydrogen-bond acceptors (Lipinski definition) is 5. The molecule has 0 aliphatic carbocycles. The first-order valence-electron chi connectivity index (χ1n) is 8.83. The Labute approximate surface area is 175 Å². The van der Waals surface area contributed by atoms with Crippen LogP contribution in [0.25, 0.3) is 10.2 Å². The van der Waals surface area contributed by atoms with E-state index in [9.17, 15) is 4.79 Å². The van der Waals surface area contributed by atoms with Gasteiger partial charge in [-0.15, -0.1) is 11.3 Å². The summed E-state index contributed by atoms with van der Waals surface area (Å²) in [6.45, 7) is 3.32. The summed E-state index contributed by atoms with van der Waals surface area (Å²) in [6.07, 6.45) is 2.93. The zero-order valence-corrected chi connectivity index (χ0v) is 17.9. The first kappa shape index (κ1) is 19.2. The maximum Gasteiger partial charge on any atom is 0.262 e. The van der Waals surface area contributed by atoms with Crippen LogP contribution in [-0.2, 0) is 11.2 Å². The van der Waals surface area contributed by atoms with E-state index >= 15 is 0 Å². The number of halogens is 2. The number of amides is 1. The number of benzene rings is 1. The quantitative estimate of drug-likeness (QED) is 0.484. The Morgan fingerprint density at radius 2 is 2.19 bits per heavy atom. The molecule has 1 aliphatic heterocycles. The first-order valence-corrected chi connectivity index (χ1v) is 11.2. The number of thiophene rings is 1. The minimum atomic E-state index is -0.187. The lowest BCUT2D eigenvalue weighted by Crippen LogP contribution is -2.37. The van der Waals surface area contributed by atoms with Crippen LogP contribution < -0.4 is 4.90 Å². The van der Waals surface area contributed by atoms with Gasteiger partial charge in [-0.05, 0) is 43.0 Å². The second-order valence-corrected chi connectivity index (χ2v) is 9.74. The summed E-state index contributed by atoms with van der Waals surface area (Å²) >= 11 is 15.0. The molecule has 1 aliphatic rings.